The van der Waals surface area contributed by atoms with Gasteiger partial charge in [0.15, 0.2) is 0 Å². The molecule has 0 saturated heterocycles. The van der Waals surface area contributed by atoms with Crippen LogP contribution in [0, 0.1) is 0 Å². The lowest BCUT2D eigenvalue weighted by Gasteiger charge is -2.12. The third-order valence-corrected chi connectivity index (χ3v) is 4.69. The van der Waals surface area contributed by atoms with Crippen molar-refractivity contribution in [2.24, 2.45) is 0 Å². The minimum Gasteiger partial charge on any atom is -0.317 e. The van der Waals surface area contributed by atoms with E-state index in [9.17, 15) is 0 Å². The molecule has 4 nitrogen and oxygen atoms in total. The highest BCUT2D eigenvalue weighted by Crippen LogP contribution is 2.28. The monoisotopic (exact) mass is 314 g/mol. The first-order valence-corrected chi connectivity index (χ1v) is 7.22. The molecule has 2 heterocycles. The van der Waals surface area contributed by atoms with Crippen LogP contribution >= 0.6 is 27.3 Å². The van der Waals surface area contributed by atoms with E-state index in [1.54, 1.807) is 17.7 Å². The third kappa shape index (κ3) is 2.94. The van der Waals surface area contributed by atoms with Gasteiger partial charge in [-0.1, -0.05) is 0 Å². The van der Waals surface area contributed by atoms with Gasteiger partial charge in [-0.05, 0) is 41.2 Å². The first-order chi connectivity index (χ1) is 8.22. The molecule has 0 aliphatic heterocycles. The second-order valence-corrected chi connectivity index (χ2v) is 5.57. The summed E-state index contributed by atoms with van der Waals surface area (Å²) in [4.78, 5) is 1.31. The van der Waals surface area contributed by atoms with E-state index in [0.29, 0.717) is 6.04 Å². The summed E-state index contributed by atoms with van der Waals surface area (Å²) in [7, 11) is 0. The predicted molar refractivity (Wildman–Crippen MR) is 73.0 cm³/mol. The highest BCUT2D eigenvalue weighted by molar-refractivity contribution is 9.10. The van der Waals surface area contributed by atoms with Gasteiger partial charge in [-0.3, -0.25) is 0 Å². The van der Waals surface area contributed by atoms with Gasteiger partial charge in [-0.25, -0.2) is 0 Å². The van der Waals surface area contributed by atoms with Gasteiger partial charge in [-0.15, -0.1) is 21.5 Å². The molecule has 1 unspecified atom stereocenters. The van der Waals surface area contributed by atoms with E-state index in [0.717, 1.165) is 18.9 Å². The van der Waals surface area contributed by atoms with Crippen molar-refractivity contribution in [1.82, 2.24) is 20.1 Å². The van der Waals surface area contributed by atoms with Crippen molar-refractivity contribution >= 4 is 27.3 Å². The van der Waals surface area contributed by atoms with Crippen molar-refractivity contribution in [3.05, 3.63) is 32.9 Å². The Morgan fingerprint density at radius 2 is 2.41 bits per heavy atom. The summed E-state index contributed by atoms with van der Waals surface area (Å²) in [5.74, 6) is 0.979. The zero-order valence-corrected chi connectivity index (χ0v) is 12.3. The second kappa shape index (κ2) is 5.75. The van der Waals surface area contributed by atoms with E-state index in [4.69, 9.17) is 0 Å². The zero-order valence-electron chi connectivity index (χ0n) is 9.85. The number of nitrogens with one attached hydrogen (secondary N) is 1. The van der Waals surface area contributed by atoms with Crippen LogP contribution in [0.4, 0.5) is 0 Å². The molecule has 0 bridgehead atoms. The Kier molecular flexibility index (Phi) is 4.31. The van der Waals surface area contributed by atoms with Crippen molar-refractivity contribution in [2.75, 3.05) is 0 Å². The van der Waals surface area contributed by atoms with Gasteiger partial charge in [0.2, 0.25) is 0 Å². The van der Waals surface area contributed by atoms with Crippen LogP contribution in [0.3, 0.4) is 0 Å². The maximum atomic E-state index is 4.10. The number of aromatic nitrogens is 3. The highest BCUT2D eigenvalue weighted by Gasteiger charge is 2.11. The zero-order chi connectivity index (χ0) is 12.3. The van der Waals surface area contributed by atoms with Crippen LogP contribution in [0.25, 0.3) is 0 Å². The molecule has 1 N–H and O–H groups in total. The van der Waals surface area contributed by atoms with Crippen molar-refractivity contribution in [2.45, 2.75) is 33.0 Å². The molecule has 2 aromatic rings. The number of thiophene rings is 1. The van der Waals surface area contributed by atoms with Gasteiger partial charge in [0.05, 0.1) is 6.54 Å². The van der Waals surface area contributed by atoms with Gasteiger partial charge in [0, 0.05) is 21.9 Å². The molecule has 17 heavy (non-hydrogen) atoms. The largest absolute Gasteiger partial charge is 0.317 e. The molecule has 2 rings (SSSR count). The third-order valence-electron chi connectivity index (χ3n) is 2.64. The number of aryl methyl sites for hydroxylation is 1. The summed E-state index contributed by atoms with van der Waals surface area (Å²) < 4.78 is 3.21. The Balaban J connectivity index is 1.97. The summed E-state index contributed by atoms with van der Waals surface area (Å²) in [5.41, 5.74) is 0. The minimum absolute atomic E-state index is 0.311. The standard InChI is InChI=1S/C11H15BrN4S/c1-3-16-7-14-15-10(16)6-13-8(2)11-9(12)4-5-17-11/h4-5,7-8,13H,3,6H2,1-2H3. The predicted octanol–water partition coefficient (Wildman–Crippen LogP) is 2.97. The van der Waals surface area contributed by atoms with E-state index in [1.165, 1.54) is 9.35 Å². The Morgan fingerprint density at radius 3 is 3.06 bits per heavy atom. The molecular formula is C11H15BrN4S. The van der Waals surface area contributed by atoms with Crippen molar-refractivity contribution in [3.8, 4) is 0 Å². The molecule has 0 fully saturated rings. The Labute approximate surface area is 113 Å². The van der Waals surface area contributed by atoms with E-state index in [1.807, 2.05) is 4.57 Å². The molecule has 2 aromatic heterocycles. The number of nitrogens with zero attached hydrogens (tertiary/aromatic N) is 3. The first kappa shape index (κ1) is 12.7. The maximum Gasteiger partial charge on any atom is 0.146 e. The maximum absolute atomic E-state index is 4.10. The molecule has 0 amide bonds. The molecule has 0 aliphatic carbocycles. The fourth-order valence-electron chi connectivity index (χ4n) is 1.63. The quantitative estimate of drug-likeness (QED) is 0.922. The topological polar surface area (TPSA) is 42.7 Å². The Morgan fingerprint density at radius 1 is 1.59 bits per heavy atom. The van der Waals surface area contributed by atoms with E-state index in [-0.39, 0.29) is 0 Å². The molecule has 0 saturated carbocycles. The summed E-state index contributed by atoms with van der Waals surface area (Å²) in [6, 6.07) is 2.39. The smallest absolute Gasteiger partial charge is 0.146 e. The SMILES string of the molecule is CCn1cnnc1CNC(C)c1sccc1Br. The summed E-state index contributed by atoms with van der Waals surface area (Å²) in [6.07, 6.45) is 1.77. The average Bonchev–Trinajstić information content (AvgIpc) is 2.94. The lowest BCUT2D eigenvalue weighted by molar-refractivity contribution is 0.544. The molecule has 92 valence electrons. The van der Waals surface area contributed by atoms with Crippen LogP contribution in [0.2, 0.25) is 0 Å². The van der Waals surface area contributed by atoms with Crippen molar-refractivity contribution < 1.29 is 0 Å². The highest BCUT2D eigenvalue weighted by atomic mass is 79.9. The second-order valence-electron chi connectivity index (χ2n) is 3.77. The van der Waals surface area contributed by atoms with E-state index >= 15 is 0 Å². The van der Waals surface area contributed by atoms with Crippen LogP contribution < -0.4 is 5.32 Å². The molecule has 0 aromatic carbocycles. The number of hydrogen-bond acceptors (Lipinski definition) is 4. The Hall–Kier alpha value is -0.720. The summed E-state index contributed by atoms with van der Waals surface area (Å²) in [5, 5.41) is 13.6. The van der Waals surface area contributed by atoms with Crippen LogP contribution in [-0.4, -0.2) is 14.8 Å². The van der Waals surface area contributed by atoms with Crippen molar-refractivity contribution in [3.63, 3.8) is 0 Å². The van der Waals surface area contributed by atoms with Gasteiger partial charge in [-0.2, -0.15) is 0 Å². The summed E-state index contributed by atoms with van der Waals surface area (Å²) in [6.45, 7) is 5.88. The summed E-state index contributed by atoms with van der Waals surface area (Å²) >= 11 is 5.30. The number of halogens is 1. The lowest BCUT2D eigenvalue weighted by Crippen LogP contribution is -2.20. The molecular weight excluding hydrogens is 300 g/mol. The van der Waals surface area contributed by atoms with Gasteiger partial charge >= 0.3 is 0 Å². The van der Waals surface area contributed by atoms with E-state index in [2.05, 4.69) is 56.7 Å². The normalized spacial score (nSPS) is 12.9. The fourth-order valence-corrected chi connectivity index (χ4v) is 3.38. The van der Waals surface area contributed by atoms with Crippen molar-refractivity contribution in [1.29, 1.82) is 0 Å². The fraction of sp³-hybridized carbons (Fsp3) is 0.455. The lowest BCUT2D eigenvalue weighted by atomic mass is 10.3. The first-order valence-electron chi connectivity index (χ1n) is 5.55. The molecule has 0 radical (unpaired) electrons. The minimum atomic E-state index is 0.311. The molecule has 6 heteroatoms. The van der Waals surface area contributed by atoms with Crippen LogP contribution in [0.1, 0.15) is 30.6 Å². The van der Waals surface area contributed by atoms with Gasteiger partial charge in [0.25, 0.3) is 0 Å². The average molecular weight is 315 g/mol. The molecule has 0 aliphatic rings. The molecule has 0 spiro atoms. The number of hydrogen-bond donors (Lipinski definition) is 1. The van der Waals surface area contributed by atoms with Crippen LogP contribution in [0.5, 0.6) is 0 Å². The van der Waals surface area contributed by atoms with Crippen LogP contribution in [0.15, 0.2) is 22.2 Å². The van der Waals surface area contributed by atoms with Crippen LogP contribution in [-0.2, 0) is 13.1 Å². The molecule has 1 atom stereocenters. The van der Waals surface area contributed by atoms with Gasteiger partial charge in [0.1, 0.15) is 12.2 Å². The number of rotatable bonds is 5. The van der Waals surface area contributed by atoms with E-state index < -0.39 is 0 Å². The van der Waals surface area contributed by atoms with Gasteiger partial charge < -0.3 is 9.88 Å². The Bertz CT molecular complexity index is 479.